The van der Waals surface area contributed by atoms with Gasteiger partial charge in [-0.1, -0.05) is 6.07 Å². The molecule has 0 aromatic carbocycles. The van der Waals surface area contributed by atoms with E-state index in [9.17, 15) is 19.2 Å². The number of hydrogen-bond donors (Lipinski definition) is 2. The fourth-order valence-electron chi connectivity index (χ4n) is 4.38. The largest absolute Gasteiger partial charge is 0.481 e. The Kier molecular flexibility index (Phi) is 7.66. The van der Waals surface area contributed by atoms with E-state index < -0.39 is 24.0 Å². The van der Waals surface area contributed by atoms with Gasteiger partial charge in [0.2, 0.25) is 17.7 Å². The molecule has 0 bridgehead atoms. The molecule has 0 saturated carbocycles. The SMILES string of the molecule is CC(=O)N1CCC[C@H]1C(=O)N[C@@H](CCC(=O)O)C(=O)N1CCN(c2ncccc2C)CC1. The van der Waals surface area contributed by atoms with Gasteiger partial charge in [-0.2, -0.15) is 0 Å². The number of amides is 3. The molecule has 2 aliphatic heterocycles. The van der Waals surface area contributed by atoms with E-state index in [2.05, 4.69) is 15.2 Å². The van der Waals surface area contributed by atoms with Crippen molar-refractivity contribution in [2.75, 3.05) is 37.6 Å². The maximum Gasteiger partial charge on any atom is 0.303 e. The summed E-state index contributed by atoms with van der Waals surface area (Å²) in [5.41, 5.74) is 1.06. The van der Waals surface area contributed by atoms with Gasteiger partial charge in [-0.3, -0.25) is 19.2 Å². The van der Waals surface area contributed by atoms with Crippen molar-refractivity contribution in [1.29, 1.82) is 0 Å². The molecule has 2 saturated heterocycles. The van der Waals surface area contributed by atoms with Gasteiger partial charge in [-0.15, -0.1) is 0 Å². The summed E-state index contributed by atoms with van der Waals surface area (Å²) in [7, 11) is 0. The average Bonchev–Trinajstić information content (AvgIpc) is 3.27. The molecule has 1 aromatic heterocycles. The number of carbonyl (C=O) groups excluding carboxylic acids is 3. The van der Waals surface area contributed by atoms with Crippen molar-refractivity contribution in [2.24, 2.45) is 0 Å². The molecule has 2 fully saturated rings. The second-order valence-corrected chi connectivity index (χ2v) is 8.32. The Bertz CT molecular complexity index is 868. The number of likely N-dealkylation sites (tertiary alicyclic amines) is 1. The van der Waals surface area contributed by atoms with Crippen LogP contribution in [0.3, 0.4) is 0 Å². The van der Waals surface area contributed by atoms with Crippen LogP contribution in [0.25, 0.3) is 0 Å². The minimum absolute atomic E-state index is 0.00621. The van der Waals surface area contributed by atoms with Crippen molar-refractivity contribution in [3.63, 3.8) is 0 Å². The van der Waals surface area contributed by atoms with Crippen LogP contribution < -0.4 is 10.2 Å². The van der Waals surface area contributed by atoms with Crippen LogP contribution in [0.2, 0.25) is 0 Å². The van der Waals surface area contributed by atoms with Crippen LogP contribution in [0.1, 0.15) is 38.2 Å². The summed E-state index contributed by atoms with van der Waals surface area (Å²) in [5, 5.41) is 11.8. The number of aryl methyl sites for hydroxylation is 1. The third-order valence-electron chi connectivity index (χ3n) is 6.09. The van der Waals surface area contributed by atoms with E-state index >= 15 is 0 Å². The van der Waals surface area contributed by atoms with Crippen molar-refractivity contribution < 1.29 is 24.3 Å². The van der Waals surface area contributed by atoms with Gasteiger partial charge in [0.25, 0.3) is 0 Å². The van der Waals surface area contributed by atoms with Crippen molar-refractivity contribution >= 4 is 29.5 Å². The standard InChI is InChI=1S/C22H31N5O5/c1-15-5-3-9-23-20(15)25-11-13-26(14-12-25)22(32)17(7-8-19(29)30)24-21(31)18-6-4-10-27(18)16(2)28/h3,5,9,17-18H,4,6-8,10-14H2,1-2H3,(H,24,31)(H,29,30)/t17-,18-/m0/s1. The monoisotopic (exact) mass is 445 g/mol. The Morgan fingerprint density at radius 2 is 1.91 bits per heavy atom. The Labute approximate surface area is 187 Å². The Morgan fingerprint density at radius 3 is 2.53 bits per heavy atom. The van der Waals surface area contributed by atoms with E-state index in [1.807, 2.05) is 19.1 Å². The van der Waals surface area contributed by atoms with Crippen LogP contribution in [-0.4, -0.2) is 88.4 Å². The van der Waals surface area contributed by atoms with Crippen LogP contribution in [-0.2, 0) is 19.2 Å². The van der Waals surface area contributed by atoms with E-state index in [4.69, 9.17) is 5.11 Å². The second-order valence-electron chi connectivity index (χ2n) is 8.32. The summed E-state index contributed by atoms with van der Waals surface area (Å²) in [5.74, 6) is -1.01. The van der Waals surface area contributed by atoms with E-state index in [1.165, 1.54) is 11.8 Å². The quantitative estimate of drug-likeness (QED) is 0.623. The van der Waals surface area contributed by atoms with E-state index in [-0.39, 0.29) is 24.7 Å². The summed E-state index contributed by atoms with van der Waals surface area (Å²) in [4.78, 5) is 58.7. The molecule has 10 nitrogen and oxygen atoms in total. The molecule has 3 heterocycles. The summed E-state index contributed by atoms with van der Waals surface area (Å²) >= 11 is 0. The van der Waals surface area contributed by atoms with Gasteiger partial charge < -0.3 is 25.1 Å². The number of carboxylic acids is 1. The number of carbonyl (C=O) groups is 4. The predicted octanol–water partition coefficient (Wildman–Crippen LogP) is 0.399. The molecule has 32 heavy (non-hydrogen) atoms. The first-order valence-corrected chi connectivity index (χ1v) is 11.0. The zero-order valence-corrected chi connectivity index (χ0v) is 18.6. The van der Waals surface area contributed by atoms with Crippen LogP contribution >= 0.6 is 0 Å². The molecule has 174 valence electrons. The molecule has 0 aliphatic carbocycles. The lowest BCUT2D eigenvalue weighted by atomic mass is 10.1. The average molecular weight is 446 g/mol. The number of nitrogens with one attached hydrogen (secondary N) is 1. The van der Waals surface area contributed by atoms with Gasteiger partial charge in [0.05, 0.1) is 0 Å². The third kappa shape index (κ3) is 5.54. The van der Waals surface area contributed by atoms with Crippen molar-refractivity contribution in [3.8, 4) is 0 Å². The molecule has 0 spiro atoms. The summed E-state index contributed by atoms with van der Waals surface area (Å²) in [6.45, 7) is 6.03. The maximum atomic E-state index is 13.2. The molecular formula is C22H31N5O5. The highest BCUT2D eigenvalue weighted by molar-refractivity contribution is 5.92. The number of rotatable bonds is 7. The highest BCUT2D eigenvalue weighted by Gasteiger charge is 2.36. The van der Waals surface area contributed by atoms with Crippen LogP contribution in [0.15, 0.2) is 18.3 Å². The fraction of sp³-hybridized carbons (Fsp3) is 0.591. The van der Waals surface area contributed by atoms with Crippen molar-refractivity contribution in [3.05, 3.63) is 23.9 Å². The smallest absolute Gasteiger partial charge is 0.303 e. The molecule has 0 unspecified atom stereocenters. The summed E-state index contributed by atoms with van der Waals surface area (Å²) < 4.78 is 0. The van der Waals surface area contributed by atoms with Gasteiger partial charge in [-0.25, -0.2) is 4.98 Å². The number of anilines is 1. The van der Waals surface area contributed by atoms with E-state index in [0.717, 1.165) is 17.8 Å². The van der Waals surface area contributed by atoms with Crippen LogP contribution in [0.4, 0.5) is 5.82 Å². The lowest BCUT2D eigenvalue weighted by Gasteiger charge is -2.37. The maximum absolute atomic E-state index is 13.2. The molecule has 1 aromatic rings. The first-order chi connectivity index (χ1) is 15.3. The number of nitrogens with zero attached hydrogens (tertiary/aromatic N) is 4. The lowest BCUT2D eigenvalue weighted by molar-refractivity contribution is -0.141. The first-order valence-electron chi connectivity index (χ1n) is 11.0. The van der Waals surface area contributed by atoms with E-state index in [0.29, 0.717) is 39.1 Å². The highest BCUT2D eigenvalue weighted by atomic mass is 16.4. The van der Waals surface area contributed by atoms with Crippen LogP contribution in [0, 0.1) is 6.92 Å². The molecule has 3 rings (SSSR count). The predicted molar refractivity (Wildman–Crippen MR) is 117 cm³/mol. The minimum atomic E-state index is -1.03. The number of pyridine rings is 1. The summed E-state index contributed by atoms with van der Waals surface area (Å²) in [6.07, 6.45) is 2.77. The molecule has 3 amide bonds. The number of piperazine rings is 1. The fourth-order valence-corrected chi connectivity index (χ4v) is 4.38. The zero-order valence-electron chi connectivity index (χ0n) is 18.6. The number of aromatic nitrogens is 1. The topological polar surface area (TPSA) is 123 Å². The lowest BCUT2D eigenvalue weighted by Crippen LogP contribution is -2.57. The third-order valence-corrected chi connectivity index (χ3v) is 6.09. The minimum Gasteiger partial charge on any atom is -0.481 e. The zero-order chi connectivity index (χ0) is 23.3. The molecule has 2 aliphatic rings. The van der Waals surface area contributed by atoms with Crippen molar-refractivity contribution in [2.45, 2.75) is 51.6 Å². The Morgan fingerprint density at radius 1 is 1.19 bits per heavy atom. The van der Waals surface area contributed by atoms with Gasteiger partial charge in [0.1, 0.15) is 17.9 Å². The normalized spacial score (nSPS) is 19.6. The molecule has 2 atom stereocenters. The van der Waals surface area contributed by atoms with Crippen LogP contribution in [0.5, 0.6) is 0 Å². The van der Waals surface area contributed by atoms with Gasteiger partial charge in [0.15, 0.2) is 0 Å². The van der Waals surface area contributed by atoms with E-state index in [1.54, 1.807) is 11.1 Å². The molecule has 10 heteroatoms. The number of carboxylic acid groups (broad SMARTS) is 1. The number of hydrogen-bond acceptors (Lipinski definition) is 6. The number of aliphatic carboxylic acids is 1. The summed E-state index contributed by atoms with van der Waals surface area (Å²) in [6, 6.07) is 2.32. The Balaban J connectivity index is 1.64. The van der Waals surface area contributed by atoms with Gasteiger partial charge in [-0.05, 0) is 37.8 Å². The highest BCUT2D eigenvalue weighted by Crippen LogP contribution is 2.20. The van der Waals surface area contributed by atoms with Gasteiger partial charge >= 0.3 is 5.97 Å². The first kappa shape index (κ1) is 23.5. The molecular weight excluding hydrogens is 414 g/mol. The molecule has 0 radical (unpaired) electrons. The van der Waals surface area contributed by atoms with Crippen molar-refractivity contribution in [1.82, 2.24) is 20.1 Å². The molecule has 2 N–H and O–H groups in total. The van der Waals surface area contributed by atoms with Gasteiger partial charge in [0, 0.05) is 52.3 Å². The Hall–Kier alpha value is -3.17. The second kappa shape index (κ2) is 10.4.